The van der Waals surface area contributed by atoms with Gasteiger partial charge < -0.3 is 0 Å². The van der Waals surface area contributed by atoms with E-state index in [-0.39, 0.29) is 0 Å². The average Bonchev–Trinajstić information content (AvgIpc) is 3.64. The Morgan fingerprint density at radius 1 is 0.861 bits per heavy atom. The molecule has 1 saturated carbocycles. The predicted octanol–water partition coefficient (Wildman–Crippen LogP) is 9.48. The molecule has 0 amide bonds. The summed E-state index contributed by atoms with van der Waals surface area (Å²) in [5, 5.41) is 0. The number of aryl methyl sites for hydroxylation is 3. The Labute approximate surface area is 218 Å². The summed E-state index contributed by atoms with van der Waals surface area (Å²) in [7, 11) is 0. The molecule has 0 nitrogen and oxygen atoms in total. The molecule has 4 atom stereocenters. The molecule has 0 bridgehead atoms. The van der Waals surface area contributed by atoms with Gasteiger partial charge in [0.15, 0.2) is 0 Å². The minimum atomic E-state index is 0.405. The first-order chi connectivity index (χ1) is 17.6. The normalized spacial score (nSPS) is 25.3. The van der Waals surface area contributed by atoms with E-state index in [1.54, 1.807) is 16.7 Å². The number of hydrogen-bond donors (Lipinski definition) is 0. The van der Waals surface area contributed by atoms with Gasteiger partial charge in [-0.15, -0.1) is 0 Å². The molecular formula is C36H42. The van der Waals surface area contributed by atoms with E-state index in [0.717, 1.165) is 18.3 Å². The van der Waals surface area contributed by atoms with E-state index < -0.39 is 0 Å². The molecule has 0 heteroatoms. The van der Waals surface area contributed by atoms with Crippen LogP contribution in [0.1, 0.15) is 91.7 Å². The highest BCUT2D eigenvalue weighted by atomic mass is 14.3. The second-order valence-electron chi connectivity index (χ2n) is 12.0. The smallest absolute Gasteiger partial charge is 0.0281 e. The van der Waals surface area contributed by atoms with Crippen LogP contribution in [-0.2, 0) is 19.3 Å². The summed E-state index contributed by atoms with van der Waals surface area (Å²) < 4.78 is 0. The van der Waals surface area contributed by atoms with Crippen LogP contribution < -0.4 is 0 Å². The van der Waals surface area contributed by atoms with Crippen molar-refractivity contribution < 1.29 is 0 Å². The van der Waals surface area contributed by atoms with Crippen molar-refractivity contribution in [3.05, 3.63) is 111 Å². The van der Waals surface area contributed by atoms with Gasteiger partial charge in [-0.2, -0.15) is 0 Å². The van der Waals surface area contributed by atoms with Crippen molar-refractivity contribution in [2.75, 3.05) is 0 Å². The summed E-state index contributed by atoms with van der Waals surface area (Å²) in [4.78, 5) is 0. The Morgan fingerprint density at radius 2 is 1.72 bits per heavy atom. The second kappa shape index (κ2) is 10.0. The van der Waals surface area contributed by atoms with E-state index in [2.05, 4.69) is 87.5 Å². The molecule has 4 unspecified atom stereocenters. The van der Waals surface area contributed by atoms with Crippen molar-refractivity contribution in [2.45, 2.75) is 84.5 Å². The van der Waals surface area contributed by atoms with Crippen LogP contribution in [0.5, 0.6) is 0 Å². The molecule has 2 aromatic carbocycles. The predicted molar refractivity (Wildman–Crippen MR) is 154 cm³/mol. The van der Waals surface area contributed by atoms with Crippen molar-refractivity contribution >= 4 is 5.57 Å². The van der Waals surface area contributed by atoms with E-state index in [0.29, 0.717) is 11.8 Å². The molecule has 36 heavy (non-hydrogen) atoms. The van der Waals surface area contributed by atoms with Crippen molar-refractivity contribution in [1.82, 2.24) is 0 Å². The average molecular weight is 475 g/mol. The van der Waals surface area contributed by atoms with Gasteiger partial charge in [-0.25, -0.2) is 0 Å². The first-order valence-corrected chi connectivity index (χ1v) is 14.6. The number of benzene rings is 2. The lowest BCUT2D eigenvalue weighted by Crippen LogP contribution is -2.12. The van der Waals surface area contributed by atoms with Gasteiger partial charge in [-0.05, 0) is 107 Å². The van der Waals surface area contributed by atoms with Crippen LogP contribution in [0.2, 0.25) is 0 Å². The Kier molecular flexibility index (Phi) is 6.63. The largest absolute Gasteiger partial charge is 0.0726 e. The quantitative estimate of drug-likeness (QED) is 0.375. The summed E-state index contributed by atoms with van der Waals surface area (Å²) >= 11 is 0. The Bertz CT molecular complexity index is 1260. The van der Waals surface area contributed by atoms with Crippen molar-refractivity contribution in [3.8, 4) is 0 Å². The van der Waals surface area contributed by atoms with Crippen LogP contribution in [0, 0.1) is 24.7 Å². The third-order valence-electron chi connectivity index (χ3n) is 9.77. The van der Waals surface area contributed by atoms with E-state index in [9.17, 15) is 0 Å². The molecule has 0 spiro atoms. The van der Waals surface area contributed by atoms with Gasteiger partial charge in [0.05, 0.1) is 0 Å². The zero-order valence-electron chi connectivity index (χ0n) is 22.5. The fraction of sp³-hybridized carbons (Fsp3) is 0.444. The lowest BCUT2D eigenvalue weighted by Gasteiger charge is -2.26. The van der Waals surface area contributed by atoms with E-state index in [4.69, 9.17) is 0 Å². The molecule has 4 aliphatic carbocycles. The van der Waals surface area contributed by atoms with Gasteiger partial charge in [0.25, 0.3) is 0 Å². The third-order valence-corrected chi connectivity index (χ3v) is 9.77. The maximum Gasteiger partial charge on any atom is 0.0281 e. The second-order valence-corrected chi connectivity index (χ2v) is 12.0. The Balaban J connectivity index is 1.20. The molecule has 0 N–H and O–H groups in total. The van der Waals surface area contributed by atoms with Gasteiger partial charge in [0, 0.05) is 5.92 Å². The molecule has 186 valence electrons. The first kappa shape index (κ1) is 23.8. The zero-order chi connectivity index (χ0) is 24.6. The van der Waals surface area contributed by atoms with Crippen molar-refractivity contribution in [1.29, 1.82) is 0 Å². The van der Waals surface area contributed by atoms with Crippen LogP contribution >= 0.6 is 0 Å². The topological polar surface area (TPSA) is 0 Å². The van der Waals surface area contributed by atoms with Gasteiger partial charge >= 0.3 is 0 Å². The number of fused-ring (bicyclic) bond motifs is 2. The van der Waals surface area contributed by atoms with Crippen LogP contribution in [0.25, 0.3) is 5.57 Å². The van der Waals surface area contributed by atoms with E-state index >= 15 is 0 Å². The van der Waals surface area contributed by atoms with Crippen LogP contribution in [0.15, 0.2) is 77.9 Å². The molecule has 0 aromatic heterocycles. The number of rotatable bonds is 7. The molecule has 0 aliphatic heterocycles. The van der Waals surface area contributed by atoms with Crippen molar-refractivity contribution in [2.24, 2.45) is 17.8 Å². The molecule has 0 heterocycles. The molecule has 1 fully saturated rings. The number of allylic oxidation sites excluding steroid dienone is 8. The lowest BCUT2D eigenvalue weighted by atomic mass is 9.78. The summed E-state index contributed by atoms with van der Waals surface area (Å²) in [6.07, 6.45) is 23.7. The molecular weight excluding hydrogens is 432 g/mol. The molecule has 0 saturated heterocycles. The molecule has 4 aliphatic rings. The summed E-state index contributed by atoms with van der Waals surface area (Å²) in [6, 6.07) is 14.5. The summed E-state index contributed by atoms with van der Waals surface area (Å²) in [5.41, 5.74) is 13.5. The fourth-order valence-electron chi connectivity index (χ4n) is 7.80. The zero-order valence-corrected chi connectivity index (χ0v) is 22.5. The van der Waals surface area contributed by atoms with Crippen LogP contribution in [0.4, 0.5) is 0 Å². The molecule has 2 aromatic rings. The number of hydrogen-bond acceptors (Lipinski definition) is 0. The summed E-state index contributed by atoms with van der Waals surface area (Å²) in [6.45, 7) is 7.18. The van der Waals surface area contributed by atoms with Gasteiger partial charge in [0.2, 0.25) is 0 Å². The highest BCUT2D eigenvalue weighted by Crippen LogP contribution is 2.43. The Morgan fingerprint density at radius 3 is 2.58 bits per heavy atom. The standard InChI is InChI=1S/C36H42/c1-4-27-8-5-10-29(27)21-25(3)33-18-14-26(20-24(33)2)22-31-17-19-35(36-13-7-12-34(31)36)32-16-15-28-9-6-11-30(28)23-32/h7,12-20,23,25,27,29,36H,4-6,8-11,21-22H2,1-3H3. The summed E-state index contributed by atoms with van der Waals surface area (Å²) in [5.74, 6) is 2.96. The highest BCUT2D eigenvalue weighted by molar-refractivity contribution is 5.79. The highest BCUT2D eigenvalue weighted by Gasteiger charge is 2.29. The maximum absolute atomic E-state index is 2.47. The monoisotopic (exact) mass is 474 g/mol. The third kappa shape index (κ3) is 4.49. The SMILES string of the molecule is CCC1CCCC1CC(C)c1ccc(CC2=CC=C(c3ccc4c(c3)CCC4)C3C=CC=C23)cc1C. The maximum atomic E-state index is 2.47. The lowest BCUT2D eigenvalue weighted by molar-refractivity contribution is 0.336. The van der Waals surface area contributed by atoms with E-state index in [1.807, 2.05) is 0 Å². The molecule has 0 radical (unpaired) electrons. The molecule has 6 rings (SSSR count). The minimum absolute atomic E-state index is 0.405. The Hall–Kier alpha value is -2.60. The van der Waals surface area contributed by atoms with Crippen LogP contribution in [0.3, 0.4) is 0 Å². The first-order valence-electron chi connectivity index (χ1n) is 14.6. The van der Waals surface area contributed by atoms with Gasteiger partial charge in [-0.1, -0.05) is 106 Å². The van der Waals surface area contributed by atoms with Gasteiger partial charge in [-0.3, -0.25) is 0 Å². The van der Waals surface area contributed by atoms with Crippen LogP contribution in [-0.4, -0.2) is 0 Å². The van der Waals surface area contributed by atoms with E-state index in [1.165, 1.54) is 84.8 Å². The van der Waals surface area contributed by atoms with Crippen molar-refractivity contribution in [3.63, 3.8) is 0 Å². The minimum Gasteiger partial charge on any atom is -0.0726 e. The fourth-order valence-corrected chi connectivity index (χ4v) is 7.80. The van der Waals surface area contributed by atoms with Gasteiger partial charge in [0.1, 0.15) is 0 Å².